The molecule has 2 atom stereocenters. The van der Waals surface area contributed by atoms with Gasteiger partial charge in [-0.25, -0.2) is 0 Å². The van der Waals surface area contributed by atoms with Crippen LogP contribution in [0, 0.1) is 5.41 Å². The summed E-state index contributed by atoms with van der Waals surface area (Å²) in [5.41, 5.74) is 5.99. The van der Waals surface area contributed by atoms with E-state index in [1.165, 1.54) is 0 Å². The van der Waals surface area contributed by atoms with Gasteiger partial charge in [-0.1, -0.05) is 33.8 Å². The van der Waals surface area contributed by atoms with Gasteiger partial charge in [0.05, 0.1) is 6.10 Å². The SMILES string of the molecule is CCOC1CC(N)(C(=O)NCC(C)(C)c2ccc3c(c2)OCCO3)C1(C)C.Cl. The van der Waals surface area contributed by atoms with Gasteiger partial charge < -0.3 is 25.3 Å². The molecular weight excluding hydrogens is 380 g/mol. The number of hydrogen-bond acceptors (Lipinski definition) is 5. The highest BCUT2D eigenvalue weighted by molar-refractivity contribution is 5.89. The molecule has 2 unspecified atom stereocenters. The second-order valence-corrected chi connectivity index (χ2v) is 8.77. The molecule has 2 aliphatic rings. The maximum atomic E-state index is 12.9. The Morgan fingerprint density at radius 1 is 1.29 bits per heavy atom. The number of amides is 1. The Morgan fingerprint density at radius 2 is 1.93 bits per heavy atom. The van der Waals surface area contributed by atoms with Gasteiger partial charge in [0, 0.05) is 30.4 Å². The van der Waals surface area contributed by atoms with E-state index >= 15 is 0 Å². The zero-order valence-electron chi connectivity index (χ0n) is 17.5. The maximum Gasteiger partial charge on any atom is 0.240 e. The first-order chi connectivity index (χ1) is 12.6. The van der Waals surface area contributed by atoms with Crippen molar-refractivity contribution in [3.05, 3.63) is 23.8 Å². The summed E-state index contributed by atoms with van der Waals surface area (Å²) in [4.78, 5) is 12.9. The van der Waals surface area contributed by atoms with E-state index in [9.17, 15) is 4.79 Å². The third kappa shape index (κ3) is 3.82. The number of carbonyl (C=O) groups excluding carboxylic acids is 1. The van der Waals surface area contributed by atoms with Crippen molar-refractivity contribution in [1.82, 2.24) is 5.32 Å². The van der Waals surface area contributed by atoms with E-state index < -0.39 is 11.0 Å². The standard InChI is InChI=1S/C21H32N2O4.ClH/c1-6-25-17-12-21(22,20(17,4)5)18(24)23-13-19(2,3)14-7-8-15-16(11-14)27-10-9-26-15;/h7-8,11,17H,6,9-10,12-13,22H2,1-5H3,(H,23,24);1H. The topological polar surface area (TPSA) is 82.8 Å². The molecule has 1 aromatic rings. The molecule has 0 radical (unpaired) electrons. The normalized spacial score (nSPS) is 25.3. The fraction of sp³-hybridized carbons (Fsp3) is 0.667. The van der Waals surface area contributed by atoms with Gasteiger partial charge in [-0.15, -0.1) is 12.4 Å². The third-order valence-electron chi connectivity index (χ3n) is 6.25. The van der Waals surface area contributed by atoms with Crippen molar-refractivity contribution in [3.8, 4) is 11.5 Å². The van der Waals surface area contributed by atoms with Crippen LogP contribution in [0.25, 0.3) is 0 Å². The van der Waals surface area contributed by atoms with Gasteiger partial charge in [0.25, 0.3) is 0 Å². The van der Waals surface area contributed by atoms with Crippen LogP contribution >= 0.6 is 12.4 Å². The highest BCUT2D eigenvalue weighted by Crippen LogP contribution is 2.50. The van der Waals surface area contributed by atoms with Crippen LogP contribution in [0.2, 0.25) is 0 Å². The summed E-state index contributed by atoms with van der Waals surface area (Å²) in [5.74, 6) is 1.41. The number of benzene rings is 1. The minimum atomic E-state index is -0.907. The van der Waals surface area contributed by atoms with E-state index in [1.807, 2.05) is 39.0 Å². The molecule has 28 heavy (non-hydrogen) atoms. The second kappa shape index (κ2) is 8.09. The molecule has 1 saturated carbocycles. The molecule has 1 amide bonds. The van der Waals surface area contributed by atoms with Crippen LogP contribution in [0.5, 0.6) is 11.5 Å². The Morgan fingerprint density at radius 3 is 2.54 bits per heavy atom. The van der Waals surface area contributed by atoms with Crippen molar-refractivity contribution in [2.24, 2.45) is 11.1 Å². The number of carbonyl (C=O) groups is 1. The van der Waals surface area contributed by atoms with E-state index in [4.69, 9.17) is 19.9 Å². The third-order valence-corrected chi connectivity index (χ3v) is 6.25. The lowest BCUT2D eigenvalue weighted by molar-refractivity contribution is -0.170. The van der Waals surface area contributed by atoms with E-state index in [1.54, 1.807) is 0 Å². The lowest BCUT2D eigenvalue weighted by Gasteiger charge is -2.57. The first kappa shape index (κ1) is 22.8. The monoisotopic (exact) mass is 412 g/mol. The molecule has 6 nitrogen and oxygen atoms in total. The first-order valence-corrected chi connectivity index (χ1v) is 9.71. The van der Waals surface area contributed by atoms with Crippen LogP contribution in [0.15, 0.2) is 18.2 Å². The van der Waals surface area contributed by atoms with Crippen LogP contribution in [0.1, 0.15) is 46.6 Å². The van der Waals surface area contributed by atoms with Gasteiger partial charge in [-0.05, 0) is 24.6 Å². The Hall–Kier alpha value is -1.50. The highest BCUT2D eigenvalue weighted by atomic mass is 35.5. The number of rotatable bonds is 6. The van der Waals surface area contributed by atoms with E-state index in [0.717, 1.165) is 17.1 Å². The molecule has 0 spiro atoms. The molecular formula is C21H33ClN2O4. The zero-order chi connectivity index (χ0) is 19.9. The fourth-order valence-corrected chi connectivity index (χ4v) is 3.85. The molecule has 1 aliphatic heterocycles. The smallest absolute Gasteiger partial charge is 0.240 e. The largest absolute Gasteiger partial charge is 0.486 e. The van der Waals surface area contributed by atoms with Crippen LogP contribution < -0.4 is 20.5 Å². The molecule has 158 valence electrons. The predicted octanol–water partition coefficient (Wildman–Crippen LogP) is 2.81. The maximum absolute atomic E-state index is 12.9. The molecule has 0 saturated heterocycles. The Balaban J connectivity index is 0.00000280. The number of fused-ring (bicyclic) bond motifs is 1. The van der Waals surface area contributed by atoms with Gasteiger partial charge in [0.1, 0.15) is 18.8 Å². The van der Waals surface area contributed by atoms with Crippen molar-refractivity contribution in [1.29, 1.82) is 0 Å². The van der Waals surface area contributed by atoms with Crippen LogP contribution in [0.4, 0.5) is 0 Å². The molecule has 7 heteroatoms. The number of nitrogens with two attached hydrogens (primary N) is 1. The number of ether oxygens (including phenoxy) is 3. The van der Waals surface area contributed by atoms with Crippen molar-refractivity contribution in [2.45, 2.75) is 58.1 Å². The van der Waals surface area contributed by atoms with Gasteiger partial charge in [-0.3, -0.25) is 4.79 Å². The van der Waals surface area contributed by atoms with Crippen molar-refractivity contribution < 1.29 is 19.0 Å². The Kier molecular flexibility index (Phi) is 6.58. The van der Waals surface area contributed by atoms with Gasteiger partial charge in [0.15, 0.2) is 11.5 Å². The Bertz CT molecular complexity index is 722. The lowest BCUT2D eigenvalue weighted by atomic mass is 9.54. The van der Waals surface area contributed by atoms with E-state index in [0.29, 0.717) is 32.8 Å². The summed E-state index contributed by atoms with van der Waals surface area (Å²) in [6.45, 7) is 12.4. The average molecular weight is 413 g/mol. The number of hydrogen-bond donors (Lipinski definition) is 2. The average Bonchev–Trinajstić information content (AvgIpc) is 2.65. The molecule has 0 aromatic heterocycles. The molecule has 1 aliphatic carbocycles. The molecule has 3 rings (SSSR count). The van der Waals surface area contributed by atoms with Gasteiger partial charge in [-0.2, -0.15) is 0 Å². The van der Waals surface area contributed by atoms with Crippen molar-refractivity contribution >= 4 is 18.3 Å². The summed E-state index contributed by atoms with van der Waals surface area (Å²) in [7, 11) is 0. The Labute approximate surface area is 173 Å². The van der Waals surface area contributed by atoms with Crippen LogP contribution in [-0.4, -0.2) is 43.9 Å². The molecule has 0 bridgehead atoms. The van der Waals surface area contributed by atoms with Gasteiger partial charge >= 0.3 is 0 Å². The molecule has 1 fully saturated rings. The minimum absolute atomic E-state index is 0. The predicted molar refractivity (Wildman–Crippen MR) is 111 cm³/mol. The van der Waals surface area contributed by atoms with Crippen LogP contribution in [0.3, 0.4) is 0 Å². The summed E-state index contributed by atoms with van der Waals surface area (Å²) < 4.78 is 17.0. The number of nitrogens with one attached hydrogen (secondary N) is 1. The van der Waals surface area contributed by atoms with Gasteiger partial charge in [0.2, 0.25) is 5.91 Å². The zero-order valence-corrected chi connectivity index (χ0v) is 18.3. The van der Waals surface area contributed by atoms with Crippen molar-refractivity contribution in [3.63, 3.8) is 0 Å². The van der Waals surface area contributed by atoms with Crippen LogP contribution in [-0.2, 0) is 14.9 Å². The summed E-state index contributed by atoms with van der Waals surface area (Å²) >= 11 is 0. The van der Waals surface area contributed by atoms with E-state index in [2.05, 4.69) is 19.2 Å². The highest BCUT2D eigenvalue weighted by Gasteiger charge is 2.62. The lowest BCUT2D eigenvalue weighted by Crippen LogP contribution is -2.76. The van der Waals surface area contributed by atoms with E-state index in [-0.39, 0.29) is 29.8 Å². The number of halogens is 1. The quantitative estimate of drug-likeness (QED) is 0.750. The summed E-state index contributed by atoms with van der Waals surface area (Å²) in [5, 5.41) is 3.07. The summed E-state index contributed by atoms with van der Waals surface area (Å²) in [6, 6.07) is 5.95. The molecule has 1 heterocycles. The molecule has 3 N–H and O–H groups in total. The minimum Gasteiger partial charge on any atom is -0.486 e. The fourth-order valence-electron chi connectivity index (χ4n) is 3.85. The molecule has 1 aromatic carbocycles. The first-order valence-electron chi connectivity index (χ1n) is 9.71. The van der Waals surface area contributed by atoms with Crippen molar-refractivity contribution in [2.75, 3.05) is 26.4 Å². The summed E-state index contributed by atoms with van der Waals surface area (Å²) in [6.07, 6.45) is 0.563. The second-order valence-electron chi connectivity index (χ2n) is 8.77.